The average molecular weight is 869 g/mol. The molecule has 16 nitrogen and oxygen atoms in total. The van der Waals surface area contributed by atoms with E-state index in [1.54, 1.807) is 19.6 Å². The summed E-state index contributed by atoms with van der Waals surface area (Å²) in [5.74, 6) is 2.61. The van der Waals surface area contributed by atoms with E-state index in [2.05, 4.69) is 41.2 Å². The maximum Gasteiger partial charge on any atom is 0.255 e. The fourth-order valence-electron chi connectivity index (χ4n) is 6.46. The Morgan fingerprint density at radius 2 is 0.500 bits per heavy atom. The van der Waals surface area contributed by atoms with Gasteiger partial charge in [0.1, 0.15) is 26.2 Å². The Morgan fingerprint density at radius 3 is 0.656 bits per heavy atom. The van der Waals surface area contributed by atoms with Gasteiger partial charge in [0, 0.05) is 24.2 Å². The van der Waals surface area contributed by atoms with Crippen LogP contribution in [0.1, 0.15) is 55.4 Å². The van der Waals surface area contributed by atoms with E-state index in [0.717, 1.165) is 22.7 Å². The molecule has 4 heterocycles. The number of nitrogens with zero attached hydrogens (tertiary/aromatic N) is 8. The Bertz CT molecular complexity index is 1970. The summed E-state index contributed by atoms with van der Waals surface area (Å²) >= 11 is 0. The molecule has 336 valence electrons. The lowest BCUT2D eigenvalue weighted by atomic mass is 10.3. The molecule has 0 fully saturated rings. The van der Waals surface area contributed by atoms with Crippen LogP contribution < -0.4 is 40.9 Å². The van der Waals surface area contributed by atoms with Gasteiger partial charge in [-0.25, -0.2) is 39.6 Å². The van der Waals surface area contributed by atoms with E-state index in [1.165, 1.54) is 0 Å². The zero-order valence-electron chi connectivity index (χ0n) is 37.9. The number of nitrogens with one attached hydrogen (secondary N) is 4. The standard InChI is InChI=1S/4C12H15N3O/c4*1-9(2)14-12-13-8-11(16)15(12)10-6-4-3-5-7-10/h4*3-7,9H,8H2,1-2H3,(H,13,14). The number of benzene rings is 4. The molecule has 0 aliphatic carbocycles. The van der Waals surface area contributed by atoms with Crippen molar-refractivity contribution >= 4 is 70.2 Å². The highest BCUT2D eigenvalue weighted by Gasteiger charge is 2.30. The van der Waals surface area contributed by atoms with E-state index in [1.807, 2.05) is 177 Å². The number of para-hydroxylation sites is 4. The molecule has 8 rings (SSSR count). The summed E-state index contributed by atoms with van der Waals surface area (Å²) in [5, 5.41) is 12.7. The number of hydrogen-bond acceptors (Lipinski definition) is 12. The SMILES string of the molecule is CC(C)NC1=NCC(=O)N1c1ccccc1.CC(C)NC1=NCC(=O)N1c1ccccc1.CC(C)NC1=NCC(=O)N1c1ccccc1.CC(C)NC1=NCC(=O)N1c1ccccc1. The lowest BCUT2D eigenvalue weighted by Gasteiger charge is -2.20. The first-order valence-electron chi connectivity index (χ1n) is 21.5. The summed E-state index contributed by atoms with van der Waals surface area (Å²) in [6.45, 7) is 17.1. The van der Waals surface area contributed by atoms with Gasteiger partial charge in [0.25, 0.3) is 23.6 Å². The molecule has 4 aliphatic rings. The minimum atomic E-state index is 0.00866. The van der Waals surface area contributed by atoms with E-state index in [0.29, 0.717) is 23.8 Å². The fraction of sp³-hybridized carbons (Fsp3) is 0.333. The lowest BCUT2D eigenvalue weighted by molar-refractivity contribution is -0.116. The second-order valence-electron chi connectivity index (χ2n) is 16.0. The maximum absolute atomic E-state index is 11.7. The van der Waals surface area contributed by atoms with Gasteiger partial charge < -0.3 is 21.3 Å². The van der Waals surface area contributed by atoms with Gasteiger partial charge in [0.2, 0.25) is 23.8 Å². The molecular formula is C48H60N12O4. The third kappa shape index (κ3) is 13.3. The summed E-state index contributed by atoms with van der Waals surface area (Å²) in [6.07, 6.45) is 0. The third-order valence-electron chi connectivity index (χ3n) is 9.03. The molecule has 0 spiro atoms. The first-order valence-corrected chi connectivity index (χ1v) is 21.5. The number of carbonyl (C=O) groups excluding carboxylic acids is 4. The predicted molar refractivity (Wildman–Crippen MR) is 258 cm³/mol. The Kier molecular flexibility index (Phi) is 17.3. The lowest BCUT2D eigenvalue weighted by Crippen LogP contribution is -2.44. The molecule has 0 unspecified atom stereocenters. The molecule has 0 saturated carbocycles. The Balaban J connectivity index is 0.000000161. The van der Waals surface area contributed by atoms with Crippen molar-refractivity contribution < 1.29 is 19.2 Å². The average Bonchev–Trinajstić information content (AvgIpc) is 4.03. The van der Waals surface area contributed by atoms with Crippen molar-refractivity contribution in [2.75, 3.05) is 45.8 Å². The fourth-order valence-corrected chi connectivity index (χ4v) is 6.46. The van der Waals surface area contributed by atoms with Crippen molar-refractivity contribution in [3.63, 3.8) is 0 Å². The smallest absolute Gasteiger partial charge is 0.255 e. The molecule has 64 heavy (non-hydrogen) atoms. The van der Waals surface area contributed by atoms with Gasteiger partial charge in [-0.05, 0) is 104 Å². The van der Waals surface area contributed by atoms with Crippen LogP contribution in [0.3, 0.4) is 0 Å². The topological polar surface area (TPSA) is 179 Å². The summed E-state index contributed by atoms with van der Waals surface area (Å²) in [6, 6.07) is 39.3. The van der Waals surface area contributed by atoms with Gasteiger partial charge >= 0.3 is 0 Å². The molecule has 0 atom stereocenters. The van der Waals surface area contributed by atoms with Crippen LogP contribution in [0.15, 0.2) is 141 Å². The molecule has 0 aromatic heterocycles. The quantitative estimate of drug-likeness (QED) is 0.178. The number of guanidine groups is 4. The van der Waals surface area contributed by atoms with Gasteiger partial charge in [-0.3, -0.25) is 19.2 Å². The first-order chi connectivity index (χ1) is 30.7. The van der Waals surface area contributed by atoms with Crippen molar-refractivity contribution in [2.45, 2.75) is 79.6 Å². The zero-order chi connectivity index (χ0) is 46.2. The van der Waals surface area contributed by atoms with Crippen LogP contribution in [0.25, 0.3) is 0 Å². The summed E-state index contributed by atoms with van der Waals surface area (Å²) in [4.78, 5) is 70.2. The van der Waals surface area contributed by atoms with Crippen molar-refractivity contribution in [1.29, 1.82) is 0 Å². The van der Waals surface area contributed by atoms with Crippen molar-refractivity contribution in [2.24, 2.45) is 20.0 Å². The van der Waals surface area contributed by atoms with Gasteiger partial charge in [-0.2, -0.15) is 0 Å². The number of anilines is 4. The molecule has 0 saturated heterocycles. The number of carbonyl (C=O) groups is 4. The van der Waals surface area contributed by atoms with Gasteiger partial charge in [-0.1, -0.05) is 72.8 Å². The molecular weight excluding hydrogens is 809 g/mol. The van der Waals surface area contributed by atoms with E-state index in [-0.39, 0.29) is 74.0 Å². The van der Waals surface area contributed by atoms with Crippen LogP contribution in [0.2, 0.25) is 0 Å². The molecule has 16 heteroatoms. The van der Waals surface area contributed by atoms with Crippen LogP contribution in [0.4, 0.5) is 22.7 Å². The normalized spacial score (nSPS) is 15.6. The molecule has 4 aliphatic heterocycles. The molecule has 4 aromatic carbocycles. The Hall–Kier alpha value is -7.36. The largest absolute Gasteiger partial charge is 0.353 e. The van der Waals surface area contributed by atoms with Crippen LogP contribution in [0.5, 0.6) is 0 Å². The highest BCUT2D eigenvalue weighted by atomic mass is 16.2. The number of rotatable bonds is 8. The van der Waals surface area contributed by atoms with E-state index in [4.69, 9.17) is 0 Å². The highest BCUT2D eigenvalue weighted by molar-refractivity contribution is 6.22. The summed E-state index contributed by atoms with van der Waals surface area (Å²) < 4.78 is 0. The highest BCUT2D eigenvalue weighted by Crippen LogP contribution is 2.20. The third-order valence-corrected chi connectivity index (χ3v) is 9.03. The molecule has 0 bridgehead atoms. The van der Waals surface area contributed by atoms with E-state index >= 15 is 0 Å². The number of aliphatic imine (C=N–C) groups is 4. The monoisotopic (exact) mass is 868 g/mol. The maximum atomic E-state index is 11.7. The number of amides is 4. The van der Waals surface area contributed by atoms with Crippen molar-refractivity contribution in [3.05, 3.63) is 121 Å². The Labute approximate surface area is 376 Å². The minimum absolute atomic E-state index is 0.00866. The molecule has 0 radical (unpaired) electrons. The second kappa shape index (κ2) is 23.2. The Morgan fingerprint density at radius 1 is 0.328 bits per heavy atom. The minimum Gasteiger partial charge on any atom is -0.353 e. The van der Waals surface area contributed by atoms with Gasteiger partial charge in [0.15, 0.2) is 0 Å². The zero-order valence-corrected chi connectivity index (χ0v) is 37.9. The van der Waals surface area contributed by atoms with E-state index < -0.39 is 0 Å². The first kappa shape index (κ1) is 47.7. The van der Waals surface area contributed by atoms with Gasteiger partial charge in [0.05, 0.1) is 22.7 Å². The van der Waals surface area contributed by atoms with Crippen LogP contribution in [-0.4, -0.2) is 97.8 Å². The summed E-state index contributed by atoms with van der Waals surface area (Å²) in [7, 11) is 0. The van der Waals surface area contributed by atoms with Crippen molar-refractivity contribution in [3.8, 4) is 0 Å². The second-order valence-corrected chi connectivity index (χ2v) is 16.0. The van der Waals surface area contributed by atoms with Crippen LogP contribution in [-0.2, 0) is 19.2 Å². The molecule has 4 N–H and O–H groups in total. The predicted octanol–water partition coefficient (Wildman–Crippen LogP) is 5.55. The van der Waals surface area contributed by atoms with Crippen LogP contribution >= 0.6 is 0 Å². The van der Waals surface area contributed by atoms with E-state index in [9.17, 15) is 19.2 Å². The summed E-state index contributed by atoms with van der Waals surface area (Å²) in [5.41, 5.74) is 3.43. The molecule has 4 amide bonds. The van der Waals surface area contributed by atoms with Crippen molar-refractivity contribution in [1.82, 2.24) is 21.3 Å². The van der Waals surface area contributed by atoms with Gasteiger partial charge in [-0.15, -0.1) is 0 Å². The molecule has 4 aromatic rings. The number of hydrogen-bond donors (Lipinski definition) is 4. The van der Waals surface area contributed by atoms with Crippen LogP contribution in [0, 0.1) is 0 Å².